The molecule has 0 amide bonds. The average molecular weight is 276 g/mol. The summed E-state index contributed by atoms with van der Waals surface area (Å²) in [6, 6.07) is 5.81. The molecule has 4 N–H and O–H groups in total. The fourth-order valence-corrected chi connectivity index (χ4v) is 2.27. The van der Waals surface area contributed by atoms with Gasteiger partial charge in [-0.25, -0.2) is 4.98 Å². The van der Waals surface area contributed by atoms with Crippen LogP contribution in [0.5, 0.6) is 0 Å². The second-order valence-corrected chi connectivity index (χ2v) is 5.19. The van der Waals surface area contributed by atoms with E-state index in [-0.39, 0.29) is 0 Å². The van der Waals surface area contributed by atoms with Gasteiger partial charge >= 0.3 is 0 Å². The summed E-state index contributed by atoms with van der Waals surface area (Å²) in [5.74, 6) is 1.68. The van der Waals surface area contributed by atoms with Gasteiger partial charge in [-0.05, 0) is 12.1 Å². The van der Waals surface area contributed by atoms with Gasteiger partial charge in [0.2, 0.25) is 0 Å². The van der Waals surface area contributed by atoms with Crippen LogP contribution in [0, 0.1) is 0 Å². The molecular weight excluding hydrogens is 262 g/mol. The third-order valence-electron chi connectivity index (χ3n) is 3.09. The van der Waals surface area contributed by atoms with Crippen molar-refractivity contribution >= 4 is 28.3 Å². The van der Waals surface area contributed by atoms with Crippen LogP contribution in [0.3, 0.4) is 0 Å². The molecular formula is C13H14ClN5. The summed E-state index contributed by atoms with van der Waals surface area (Å²) in [4.78, 5) is 7.64. The molecule has 0 fully saturated rings. The minimum atomic E-state index is 0.304. The Hall–Kier alpha value is -2.01. The molecule has 6 heteroatoms. The van der Waals surface area contributed by atoms with E-state index in [1.54, 1.807) is 0 Å². The van der Waals surface area contributed by atoms with Crippen molar-refractivity contribution in [3.05, 3.63) is 29.2 Å². The van der Waals surface area contributed by atoms with Crippen molar-refractivity contribution in [2.45, 2.75) is 19.8 Å². The van der Waals surface area contributed by atoms with E-state index < -0.39 is 0 Å². The Morgan fingerprint density at radius 3 is 2.79 bits per heavy atom. The lowest BCUT2D eigenvalue weighted by atomic mass is 10.1. The lowest BCUT2D eigenvalue weighted by molar-refractivity contribution is 0.795. The Balaban J connectivity index is 2.13. The lowest BCUT2D eigenvalue weighted by Gasteiger charge is -1.99. The molecule has 0 unspecified atom stereocenters. The number of nitrogens with one attached hydrogen (secondary N) is 2. The van der Waals surface area contributed by atoms with Crippen LogP contribution in [0.15, 0.2) is 18.2 Å². The Labute approximate surface area is 115 Å². The van der Waals surface area contributed by atoms with E-state index in [1.165, 1.54) is 0 Å². The molecule has 0 saturated heterocycles. The van der Waals surface area contributed by atoms with Gasteiger partial charge in [-0.3, -0.25) is 5.10 Å². The van der Waals surface area contributed by atoms with Gasteiger partial charge in [0.05, 0.1) is 5.52 Å². The number of hydrogen-bond donors (Lipinski definition) is 3. The van der Waals surface area contributed by atoms with Gasteiger partial charge in [0.1, 0.15) is 16.7 Å². The number of nitrogen functional groups attached to an aromatic ring is 1. The Morgan fingerprint density at radius 1 is 1.32 bits per heavy atom. The standard InChI is InChI=1S/C13H14ClN5/c1-6(2)13-16-10(11(14)17-13)7-3-4-8-9(5-7)18-19-12(8)15/h3-6H,1-2H3,(H,16,17)(H3,15,18,19). The molecule has 0 aliphatic carbocycles. The molecule has 3 aromatic rings. The monoisotopic (exact) mass is 275 g/mol. The van der Waals surface area contributed by atoms with Crippen LogP contribution in [-0.2, 0) is 0 Å². The predicted octanol–water partition coefficient (Wildman–Crippen LogP) is 3.31. The van der Waals surface area contributed by atoms with E-state index in [4.69, 9.17) is 17.3 Å². The van der Waals surface area contributed by atoms with Crippen molar-refractivity contribution < 1.29 is 0 Å². The molecule has 98 valence electrons. The molecule has 2 heterocycles. The molecule has 0 radical (unpaired) electrons. The number of aromatic amines is 2. The summed E-state index contributed by atoms with van der Waals surface area (Å²) in [5.41, 5.74) is 8.31. The Morgan fingerprint density at radius 2 is 2.11 bits per heavy atom. The number of H-pyrrole nitrogens is 2. The summed E-state index contributed by atoms with van der Waals surface area (Å²) in [6.07, 6.45) is 0. The number of hydrogen-bond acceptors (Lipinski definition) is 3. The van der Waals surface area contributed by atoms with Gasteiger partial charge in [0.15, 0.2) is 5.82 Å². The van der Waals surface area contributed by atoms with Crippen LogP contribution in [-0.4, -0.2) is 20.2 Å². The molecule has 0 bridgehead atoms. The van der Waals surface area contributed by atoms with Gasteiger partial charge in [-0.2, -0.15) is 5.10 Å². The fraction of sp³-hybridized carbons (Fsp3) is 0.231. The van der Waals surface area contributed by atoms with Crippen LogP contribution in [0.25, 0.3) is 22.2 Å². The second-order valence-electron chi connectivity index (χ2n) is 4.81. The van der Waals surface area contributed by atoms with Crippen molar-refractivity contribution in [1.82, 2.24) is 20.2 Å². The number of nitrogens with zero attached hydrogens (tertiary/aromatic N) is 2. The van der Waals surface area contributed by atoms with Crippen LogP contribution >= 0.6 is 11.6 Å². The smallest absolute Gasteiger partial charge is 0.153 e. The van der Waals surface area contributed by atoms with Crippen molar-refractivity contribution in [1.29, 1.82) is 0 Å². The van der Waals surface area contributed by atoms with Crippen LogP contribution in [0.4, 0.5) is 5.82 Å². The SMILES string of the molecule is CC(C)c1nc(-c2ccc3c(N)n[nH]c3c2)c(Cl)[nH]1. The summed E-state index contributed by atoms with van der Waals surface area (Å²) in [7, 11) is 0. The van der Waals surface area contributed by atoms with E-state index >= 15 is 0 Å². The zero-order valence-electron chi connectivity index (χ0n) is 10.7. The fourth-order valence-electron chi connectivity index (χ4n) is 2.02. The van der Waals surface area contributed by atoms with Crippen LogP contribution in [0.1, 0.15) is 25.6 Å². The maximum atomic E-state index is 6.21. The number of benzene rings is 1. The first kappa shape index (κ1) is 12.0. The van der Waals surface area contributed by atoms with Gasteiger partial charge in [0.25, 0.3) is 0 Å². The number of aromatic nitrogens is 4. The van der Waals surface area contributed by atoms with Crippen molar-refractivity contribution in [2.75, 3.05) is 5.73 Å². The summed E-state index contributed by atoms with van der Waals surface area (Å²) < 4.78 is 0. The third kappa shape index (κ3) is 1.96. The zero-order valence-corrected chi connectivity index (χ0v) is 11.4. The minimum Gasteiger partial charge on any atom is -0.382 e. The first-order valence-corrected chi connectivity index (χ1v) is 6.43. The highest BCUT2D eigenvalue weighted by Crippen LogP contribution is 2.30. The molecule has 0 saturated carbocycles. The van der Waals surface area contributed by atoms with Crippen molar-refractivity contribution in [3.63, 3.8) is 0 Å². The van der Waals surface area contributed by atoms with E-state index in [2.05, 4.69) is 34.0 Å². The molecule has 19 heavy (non-hydrogen) atoms. The Bertz CT molecular complexity index is 741. The first-order chi connectivity index (χ1) is 9.06. The third-order valence-corrected chi connectivity index (χ3v) is 3.36. The van der Waals surface area contributed by atoms with Crippen LogP contribution in [0.2, 0.25) is 5.15 Å². The number of rotatable bonds is 2. The number of imidazole rings is 1. The van der Waals surface area contributed by atoms with Gasteiger partial charge in [-0.1, -0.05) is 31.5 Å². The highest BCUT2D eigenvalue weighted by atomic mass is 35.5. The number of halogens is 1. The first-order valence-electron chi connectivity index (χ1n) is 6.05. The maximum absolute atomic E-state index is 6.21. The second kappa shape index (κ2) is 4.28. The predicted molar refractivity (Wildman–Crippen MR) is 77.2 cm³/mol. The number of nitrogens with two attached hydrogens (primary N) is 1. The highest BCUT2D eigenvalue weighted by Gasteiger charge is 2.13. The normalized spacial score (nSPS) is 11.6. The average Bonchev–Trinajstić information content (AvgIpc) is 2.93. The van der Waals surface area contributed by atoms with E-state index in [9.17, 15) is 0 Å². The van der Waals surface area contributed by atoms with Crippen molar-refractivity contribution in [2.24, 2.45) is 0 Å². The van der Waals surface area contributed by atoms with E-state index in [0.717, 1.165) is 28.0 Å². The number of fused-ring (bicyclic) bond motifs is 1. The quantitative estimate of drug-likeness (QED) is 0.671. The molecule has 5 nitrogen and oxygen atoms in total. The number of anilines is 1. The van der Waals surface area contributed by atoms with Gasteiger partial charge < -0.3 is 10.7 Å². The van der Waals surface area contributed by atoms with Crippen molar-refractivity contribution in [3.8, 4) is 11.3 Å². The topological polar surface area (TPSA) is 83.4 Å². The van der Waals surface area contributed by atoms with E-state index in [1.807, 2.05) is 18.2 Å². The molecule has 0 aliphatic rings. The van der Waals surface area contributed by atoms with E-state index in [0.29, 0.717) is 16.9 Å². The molecule has 0 spiro atoms. The molecule has 2 aromatic heterocycles. The highest BCUT2D eigenvalue weighted by molar-refractivity contribution is 6.32. The molecule has 0 atom stereocenters. The Kier molecular flexibility index (Phi) is 2.71. The molecule has 0 aliphatic heterocycles. The van der Waals surface area contributed by atoms with Gasteiger partial charge in [0, 0.05) is 16.9 Å². The summed E-state index contributed by atoms with van der Waals surface area (Å²) in [6.45, 7) is 4.13. The minimum absolute atomic E-state index is 0.304. The molecule has 3 rings (SSSR count). The largest absolute Gasteiger partial charge is 0.382 e. The van der Waals surface area contributed by atoms with Gasteiger partial charge in [-0.15, -0.1) is 0 Å². The lowest BCUT2D eigenvalue weighted by Crippen LogP contribution is -1.89. The van der Waals surface area contributed by atoms with Crippen LogP contribution < -0.4 is 5.73 Å². The molecule has 1 aromatic carbocycles. The summed E-state index contributed by atoms with van der Waals surface area (Å²) >= 11 is 6.21. The zero-order chi connectivity index (χ0) is 13.6. The maximum Gasteiger partial charge on any atom is 0.153 e. The summed E-state index contributed by atoms with van der Waals surface area (Å²) in [5, 5.41) is 8.32.